The van der Waals surface area contributed by atoms with Gasteiger partial charge in [0.15, 0.2) is 0 Å². The summed E-state index contributed by atoms with van der Waals surface area (Å²) in [7, 11) is -2.36. The lowest BCUT2D eigenvalue weighted by Gasteiger charge is -2.30. The molecule has 2 heterocycles. The first kappa shape index (κ1) is 22.9. The molecule has 0 N–H and O–H groups in total. The molecule has 1 atom stereocenters. The van der Waals surface area contributed by atoms with Crippen molar-refractivity contribution in [2.45, 2.75) is 57.8 Å². The maximum absolute atomic E-state index is 13.2. The standard InChI is InChI=1S/C22H31N5O4S/c1-17-7-9-18(10-8-17)13-26-14-19(23-24-26)15-27-21(22(28)31-2)16-25(11-12-32(27,29)30)20-5-3-4-6-20/h7-10,14,20-21H,3-6,11-13,15-16H2,1-2H3. The second-order valence-electron chi connectivity index (χ2n) is 8.73. The molecule has 0 amide bonds. The van der Waals surface area contributed by atoms with Crippen molar-refractivity contribution >= 4 is 16.0 Å². The van der Waals surface area contributed by atoms with Crippen molar-refractivity contribution in [2.75, 3.05) is 26.0 Å². The van der Waals surface area contributed by atoms with Crippen LogP contribution in [0.1, 0.15) is 42.5 Å². The fourth-order valence-electron chi connectivity index (χ4n) is 4.61. The van der Waals surface area contributed by atoms with Crippen molar-refractivity contribution in [1.29, 1.82) is 0 Å². The van der Waals surface area contributed by atoms with Crippen molar-refractivity contribution in [2.24, 2.45) is 0 Å². The molecule has 1 saturated carbocycles. The number of methoxy groups -OCH3 is 1. The second kappa shape index (κ2) is 9.68. The Balaban J connectivity index is 1.53. The van der Waals surface area contributed by atoms with E-state index in [4.69, 9.17) is 4.74 Å². The molecule has 2 aromatic rings. The molecule has 9 nitrogen and oxygen atoms in total. The minimum atomic E-state index is -3.67. The van der Waals surface area contributed by atoms with Crippen LogP contribution in [0, 0.1) is 6.92 Å². The molecule has 2 aliphatic rings. The molecular formula is C22H31N5O4S. The molecule has 1 aliphatic heterocycles. The first-order valence-electron chi connectivity index (χ1n) is 11.1. The summed E-state index contributed by atoms with van der Waals surface area (Å²) in [4.78, 5) is 14.8. The smallest absolute Gasteiger partial charge is 0.325 e. The predicted molar refractivity (Wildman–Crippen MR) is 119 cm³/mol. The van der Waals surface area contributed by atoms with Crippen molar-refractivity contribution in [3.8, 4) is 0 Å². The first-order valence-corrected chi connectivity index (χ1v) is 12.7. The summed E-state index contributed by atoms with van der Waals surface area (Å²) in [5.41, 5.74) is 2.76. The van der Waals surface area contributed by atoms with E-state index in [1.54, 1.807) is 10.9 Å². The summed E-state index contributed by atoms with van der Waals surface area (Å²) in [6.07, 6.45) is 6.11. The van der Waals surface area contributed by atoms with E-state index in [0.29, 0.717) is 31.4 Å². The van der Waals surface area contributed by atoms with Crippen LogP contribution in [0.5, 0.6) is 0 Å². The van der Waals surface area contributed by atoms with Crippen molar-refractivity contribution in [3.63, 3.8) is 0 Å². The molecule has 1 saturated heterocycles. The molecule has 1 aromatic heterocycles. The van der Waals surface area contributed by atoms with Gasteiger partial charge in [-0.3, -0.25) is 9.69 Å². The van der Waals surface area contributed by atoms with Crippen LogP contribution in [0.4, 0.5) is 0 Å². The quantitative estimate of drug-likeness (QED) is 0.602. The van der Waals surface area contributed by atoms with E-state index in [0.717, 1.165) is 31.2 Å². The first-order chi connectivity index (χ1) is 15.4. The van der Waals surface area contributed by atoms with Gasteiger partial charge in [0.25, 0.3) is 0 Å². The third-order valence-corrected chi connectivity index (χ3v) is 8.23. The van der Waals surface area contributed by atoms with E-state index in [1.807, 2.05) is 31.2 Å². The van der Waals surface area contributed by atoms with Gasteiger partial charge in [0, 0.05) is 19.1 Å². The van der Waals surface area contributed by atoms with Crippen LogP contribution in [0.3, 0.4) is 0 Å². The molecule has 1 aliphatic carbocycles. The number of carbonyl (C=O) groups is 1. The Morgan fingerprint density at radius 2 is 1.88 bits per heavy atom. The third kappa shape index (κ3) is 5.19. The Morgan fingerprint density at radius 1 is 1.16 bits per heavy atom. The Bertz CT molecular complexity index is 1030. The average Bonchev–Trinajstić information content (AvgIpc) is 3.44. The predicted octanol–water partition coefficient (Wildman–Crippen LogP) is 1.57. The number of carbonyl (C=O) groups excluding carboxylic acids is 1. The number of aromatic nitrogens is 3. The van der Waals surface area contributed by atoms with E-state index in [1.165, 1.54) is 17.0 Å². The molecule has 0 bridgehead atoms. The maximum Gasteiger partial charge on any atom is 0.325 e. The largest absolute Gasteiger partial charge is 0.468 e. The lowest BCUT2D eigenvalue weighted by molar-refractivity contribution is -0.146. The maximum atomic E-state index is 13.2. The monoisotopic (exact) mass is 461 g/mol. The minimum absolute atomic E-state index is 0.00545. The van der Waals surface area contributed by atoms with E-state index in [9.17, 15) is 13.2 Å². The van der Waals surface area contributed by atoms with Crippen LogP contribution in [-0.2, 0) is 32.6 Å². The summed E-state index contributed by atoms with van der Waals surface area (Å²) in [6, 6.07) is 7.56. The fourth-order valence-corrected chi connectivity index (χ4v) is 6.18. The number of hydrogen-bond acceptors (Lipinski definition) is 7. The molecule has 10 heteroatoms. The van der Waals surface area contributed by atoms with Gasteiger partial charge in [-0.1, -0.05) is 47.9 Å². The number of esters is 1. The second-order valence-corrected chi connectivity index (χ2v) is 10.8. The summed E-state index contributed by atoms with van der Waals surface area (Å²) in [5, 5.41) is 8.33. The highest BCUT2D eigenvalue weighted by molar-refractivity contribution is 7.89. The molecule has 32 heavy (non-hydrogen) atoms. The van der Waals surface area contributed by atoms with Gasteiger partial charge in [-0.2, -0.15) is 4.31 Å². The van der Waals surface area contributed by atoms with E-state index in [2.05, 4.69) is 15.2 Å². The zero-order valence-electron chi connectivity index (χ0n) is 18.7. The van der Waals surface area contributed by atoms with Gasteiger partial charge < -0.3 is 4.74 Å². The lowest BCUT2D eigenvalue weighted by Crippen LogP contribution is -2.49. The van der Waals surface area contributed by atoms with E-state index >= 15 is 0 Å². The summed E-state index contributed by atoms with van der Waals surface area (Å²) < 4.78 is 34.3. The number of sulfonamides is 1. The highest BCUT2D eigenvalue weighted by Gasteiger charge is 2.42. The number of aryl methyl sites for hydroxylation is 1. The molecule has 174 valence electrons. The minimum Gasteiger partial charge on any atom is -0.468 e. The number of rotatable bonds is 6. The number of benzene rings is 1. The number of ether oxygens (including phenoxy) is 1. The van der Waals surface area contributed by atoms with Gasteiger partial charge >= 0.3 is 5.97 Å². The topological polar surface area (TPSA) is 97.6 Å². The summed E-state index contributed by atoms with van der Waals surface area (Å²) >= 11 is 0. The highest BCUT2D eigenvalue weighted by Crippen LogP contribution is 2.27. The molecule has 4 rings (SSSR count). The van der Waals surface area contributed by atoms with Crippen LogP contribution < -0.4 is 0 Å². The van der Waals surface area contributed by atoms with Gasteiger partial charge in [0.2, 0.25) is 10.0 Å². The average molecular weight is 462 g/mol. The van der Waals surface area contributed by atoms with Gasteiger partial charge in [0.1, 0.15) is 6.04 Å². The lowest BCUT2D eigenvalue weighted by atomic mass is 10.1. The van der Waals surface area contributed by atoms with Gasteiger partial charge in [0.05, 0.1) is 37.8 Å². The number of nitrogens with zero attached hydrogens (tertiary/aromatic N) is 5. The van der Waals surface area contributed by atoms with Crippen molar-refractivity contribution in [1.82, 2.24) is 24.2 Å². The van der Waals surface area contributed by atoms with Gasteiger partial charge in [-0.05, 0) is 25.3 Å². The fraction of sp³-hybridized carbons (Fsp3) is 0.591. The van der Waals surface area contributed by atoms with E-state index in [-0.39, 0.29) is 12.3 Å². The molecular weight excluding hydrogens is 430 g/mol. The Morgan fingerprint density at radius 3 is 2.56 bits per heavy atom. The van der Waals surface area contributed by atoms with Crippen molar-refractivity contribution < 1.29 is 17.9 Å². The molecule has 2 fully saturated rings. The SMILES string of the molecule is COC(=O)C1CN(C2CCCC2)CCS(=O)(=O)N1Cc1cn(Cc2ccc(C)cc2)nn1. The molecule has 0 spiro atoms. The Labute approximate surface area is 189 Å². The summed E-state index contributed by atoms with van der Waals surface area (Å²) in [6.45, 7) is 3.33. The van der Waals surface area contributed by atoms with Crippen LogP contribution >= 0.6 is 0 Å². The van der Waals surface area contributed by atoms with Crippen LogP contribution in [0.25, 0.3) is 0 Å². The normalized spacial score (nSPS) is 22.6. The van der Waals surface area contributed by atoms with Gasteiger partial charge in [-0.25, -0.2) is 13.1 Å². The van der Waals surface area contributed by atoms with Gasteiger partial charge in [-0.15, -0.1) is 5.10 Å². The van der Waals surface area contributed by atoms with E-state index < -0.39 is 22.0 Å². The Kier molecular flexibility index (Phi) is 6.92. The van der Waals surface area contributed by atoms with Crippen LogP contribution in [0.2, 0.25) is 0 Å². The number of hydrogen-bond donors (Lipinski definition) is 0. The third-order valence-electron chi connectivity index (χ3n) is 6.43. The molecule has 1 unspecified atom stereocenters. The van der Waals surface area contributed by atoms with Crippen LogP contribution in [-0.4, -0.2) is 76.6 Å². The Hall–Kier alpha value is -2.30. The zero-order valence-corrected chi connectivity index (χ0v) is 19.5. The molecule has 1 aromatic carbocycles. The van der Waals surface area contributed by atoms with Crippen LogP contribution in [0.15, 0.2) is 30.5 Å². The summed E-state index contributed by atoms with van der Waals surface area (Å²) in [5.74, 6) is -0.556. The zero-order chi connectivity index (χ0) is 22.7. The highest BCUT2D eigenvalue weighted by atomic mass is 32.2. The molecule has 0 radical (unpaired) electrons. The van der Waals surface area contributed by atoms with Crippen molar-refractivity contribution in [3.05, 3.63) is 47.3 Å².